The van der Waals surface area contributed by atoms with Crippen LogP contribution in [-0.2, 0) is 0 Å². The largest absolute Gasteiger partial charge is 0.484 e. The van der Waals surface area contributed by atoms with Gasteiger partial charge in [0.25, 0.3) is 0 Å². The van der Waals surface area contributed by atoms with E-state index in [9.17, 15) is 5.11 Å². The number of piperazine rings is 1. The predicted octanol–water partition coefficient (Wildman–Crippen LogP) is 2.96. The highest BCUT2D eigenvalue weighted by atomic mass is 16.6. The Morgan fingerprint density at radius 3 is 2.43 bits per heavy atom. The second-order valence-corrected chi connectivity index (χ2v) is 7.85. The van der Waals surface area contributed by atoms with Gasteiger partial charge in [0.05, 0.1) is 0 Å². The number of benzene rings is 2. The van der Waals surface area contributed by atoms with Gasteiger partial charge in [-0.25, -0.2) is 0 Å². The Hall–Kier alpha value is -2.52. The van der Waals surface area contributed by atoms with Gasteiger partial charge in [0, 0.05) is 32.1 Å². The van der Waals surface area contributed by atoms with E-state index in [0.717, 1.165) is 56.2 Å². The van der Waals surface area contributed by atoms with Gasteiger partial charge in [-0.3, -0.25) is 4.90 Å². The molecule has 2 aliphatic rings. The maximum Gasteiger partial charge on any atom is 0.187 e. The van der Waals surface area contributed by atoms with Crippen molar-refractivity contribution < 1.29 is 14.6 Å². The average molecular weight is 407 g/mol. The molecule has 1 N–H and O–H groups in total. The molecule has 0 spiro atoms. The topological polar surface area (TPSA) is 45.2 Å². The molecule has 5 nitrogen and oxygen atoms in total. The maximum atomic E-state index is 10.6. The molecule has 4 rings (SSSR count). The molecule has 0 aromatic heterocycles. The summed E-state index contributed by atoms with van der Waals surface area (Å²) in [6.45, 7) is 7.15. The molecule has 0 amide bonds. The fourth-order valence-corrected chi connectivity index (χ4v) is 4.24. The summed E-state index contributed by atoms with van der Waals surface area (Å²) < 4.78 is 12.0. The van der Waals surface area contributed by atoms with Gasteiger partial charge < -0.3 is 19.5 Å². The zero-order chi connectivity index (χ0) is 20.8. The van der Waals surface area contributed by atoms with E-state index in [-0.39, 0.29) is 12.1 Å². The number of rotatable bonds is 6. The molecule has 2 aliphatic heterocycles. The Kier molecular flexibility index (Phi) is 6.91. The molecular weight excluding hydrogens is 376 g/mol. The van der Waals surface area contributed by atoms with Crippen LogP contribution in [-0.4, -0.2) is 66.6 Å². The third-order valence-electron chi connectivity index (χ3n) is 5.97. The average Bonchev–Trinajstić information content (AvgIpc) is 2.80. The first-order valence-corrected chi connectivity index (χ1v) is 10.7. The Balaban J connectivity index is 1.29. The first-order valence-electron chi connectivity index (χ1n) is 10.7. The van der Waals surface area contributed by atoms with Crippen molar-refractivity contribution in [3.05, 3.63) is 60.2 Å². The predicted molar refractivity (Wildman–Crippen MR) is 118 cm³/mol. The summed E-state index contributed by atoms with van der Waals surface area (Å²) in [4.78, 5) is 4.83. The van der Waals surface area contributed by atoms with Crippen molar-refractivity contribution >= 4 is 0 Å². The van der Waals surface area contributed by atoms with E-state index < -0.39 is 6.10 Å². The van der Waals surface area contributed by atoms with Gasteiger partial charge in [-0.2, -0.15) is 0 Å². The lowest BCUT2D eigenvalue weighted by molar-refractivity contribution is -0.0496. The number of aliphatic hydroxyl groups excluding tert-OH is 1. The normalized spacial score (nSPS) is 21.3. The number of para-hydroxylation sites is 2. The van der Waals surface area contributed by atoms with Crippen LogP contribution in [0.1, 0.15) is 24.8 Å². The van der Waals surface area contributed by atoms with E-state index in [1.54, 1.807) is 6.92 Å². The second-order valence-electron chi connectivity index (χ2n) is 7.85. The standard InChI is InChI=1S/C25H30N2O3/c1-2-8-22(28)21(20-9-4-3-5-10-20)13-14-26-15-17-27(18-16-26)25-19-29-23-11-6-7-12-24(23)30-25/h3-7,9-12,21-22,25,28H,13-19H2,1H3. The molecule has 30 heavy (non-hydrogen) atoms. The first-order chi connectivity index (χ1) is 14.7. The molecule has 2 heterocycles. The van der Waals surface area contributed by atoms with Crippen LogP contribution in [0, 0.1) is 11.8 Å². The minimum Gasteiger partial charge on any atom is -0.484 e. The van der Waals surface area contributed by atoms with Crippen molar-refractivity contribution in [1.82, 2.24) is 9.80 Å². The van der Waals surface area contributed by atoms with Gasteiger partial charge in [-0.05, 0) is 37.6 Å². The van der Waals surface area contributed by atoms with Crippen LogP contribution in [0.15, 0.2) is 54.6 Å². The van der Waals surface area contributed by atoms with Crippen molar-refractivity contribution in [2.45, 2.75) is 31.6 Å². The van der Waals surface area contributed by atoms with Crippen LogP contribution in [0.4, 0.5) is 0 Å². The van der Waals surface area contributed by atoms with Crippen molar-refractivity contribution in [3.63, 3.8) is 0 Å². The molecule has 0 aliphatic carbocycles. The zero-order valence-corrected chi connectivity index (χ0v) is 17.5. The number of fused-ring (bicyclic) bond motifs is 1. The first kappa shape index (κ1) is 20.7. The number of aliphatic hydroxyl groups is 1. The van der Waals surface area contributed by atoms with E-state index in [1.165, 1.54) is 0 Å². The van der Waals surface area contributed by atoms with Crippen LogP contribution in [0.3, 0.4) is 0 Å². The molecule has 0 saturated carbocycles. The third-order valence-corrected chi connectivity index (χ3v) is 5.97. The van der Waals surface area contributed by atoms with Gasteiger partial charge in [-0.15, -0.1) is 5.92 Å². The summed E-state index contributed by atoms with van der Waals surface area (Å²) in [5.41, 5.74) is 1.15. The molecule has 158 valence electrons. The molecule has 0 bridgehead atoms. The van der Waals surface area contributed by atoms with E-state index >= 15 is 0 Å². The minimum absolute atomic E-state index is 0.0271. The van der Waals surface area contributed by atoms with Gasteiger partial charge in [0.1, 0.15) is 12.7 Å². The fraction of sp³-hybridized carbons (Fsp3) is 0.440. The summed E-state index contributed by atoms with van der Waals surface area (Å²) in [5.74, 6) is 7.48. The highest BCUT2D eigenvalue weighted by molar-refractivity contribution is 5.40. The molecule has 2 aromatic carbocycles. The second kappa shape index (κ2) is 9.99. The SMILES string of the molecule is CC#CC(O)C(CCN1CCN(C2COc3ccccc3O2)CC1)c1ccccc1. The minimum atomic E-state index is -0.633. The molecule has 5 heteroatoms. The zero-order valence-electron chi connectivity index (χ0n) is 17.5. The van der Waals surface area contributed by atoms with Crippen molar-refractivity contribution in [3.8, 4) is 23.3 Å². The van der Waals surface area contributed by atoms with Crippen molar-refractivity contribution in [2.24, 2.45) is 0 Å². The summed E-state index contributed by atoms with van der Waals surface area (Å²) in [6, 6.07) is 18.1. The third kappa shape index (κ3) is 4.96. The van der Waals surface area contributed by atoms with E-state index in [1.807, 2.05) is 42.5 Å². The number of nitrogens with zero attached hydrogens (tertiary/aromatic N) is 2. The summed E-state index contributed by atoms with van der Waals surface area (Å²) in [7, 11) is 0. The molecule has 1 saturated heterocycles. The molecule has 1 fully saturated rings. The molecule has 0 radical (unpaired) electrons. The maximum absolute atomic E-state index is 10.6. The highest BCUT2D eigenvalue weighted by Gasteiger charge is 2.30. The van der Waals surface area contributed by atoms with Crippen molar-refractivity contribution in [2.75, 3.05) is 39.3 Å². The van der Waals surface area contributed by atoms with Crippen LogP contribution < -0.4 is 9.47 Å². The molecule has 3 unspecified atom stereocenters. The Morgan fingerprint density at radius 1 is 1.00 bits per heavy atom. The number of ether oxygens (including phenoxy) is 2. The van der Waals surface area contributed by atoms with E-state index in [2.05, 4.69) is 33.8 Å². The van der Waals surface area contributed by atoms with Gasteiger partial charge >= 0.3 is 0 Å². The van der Waals surface area contributed by atoms with Crippen LogP contribution in [0.2, 0.25) is 0 Å². The lowest BCUT2D eigenvalue weighted by Crippen LogP contribution is -2.54. The molecular formula is C25H30N2O3. The van der Waals surface area contributed by atoms with Crippen molar-refractivity contribution in [1.29, 1.82) is 0 Å². The quantitative estimate of drug-likeness (QED) is 0.748. The number of hydrogen-bond donors (Lipinski definition) is 1. The van der Waals surface area contributed by atoms with Gasteiger partial charge in [0.15, 0.2) is 17.7 Å². The fourth-order valence-electron chi connectivity index (χ4n) is 4.24. The van der Waals surface area contributed by atoms with Gasteiger partial charge in [-0.1, -0.05) is 48.4 Å². The smallest absolute Gasteiger partial charge is 0.187 e. The molecule has 3 atom stereocenters. The Labute approximate surface area is 179 Å². The van der Waals surface area contributed by atoms with E-state index in [4.69, 9.17) is 9.47 Å². The number of hydrogen-bond acceptors (Lipinski definition) is 5. The summed E-state index contributed by atoms with van der Waals surface area (Å²) in [6.07, 6.45) is 0.225. The van der Waals surface area contributed by atoms with Crippen LogP contribution in [0.25, 0.3) is 0 Å². The Morgan fingerprint density at radius 2 is 1.70 bits per heavy atom. The summed E-state index contributed by atoms with van der Waals surface area (Å²) in [5, 5.41) is 10.6. The summed E-state index contributed by atoms with van der Waals surface area (Å²) >= 11 is 0. The lowest BCUT2D eigenvalue weighted by atomic mass is 9.90. The van der Waals surface area contributed by atoms with E-state index in [0.29, 0.717) is 6.61 Å². The van der Waals surface area contributed by atoms with Crippen LogP contribution >= 0.6 is 0 Å². The highest BCUT2D eigenvalue weighted by Crippen LogP contribution is 2.32. The van der Waals surface area contributed by atoms with Gasteiger partial charge in [0.2, 0.25) is 0 Å². The lowest BCUT2D eigenvalue weighted by Gasteiger charge is -2.40. The monoisotopic (exact) mass is 406 g/mol. The molecule has 2 aromatic rings. The van der Waals surface area contributed by atoms with Crippen LogP contribution in [0.5, 0.6) is 11.5 Å². The Bertz CT molecular complexity index is 869.